The number of carbonyl (C=O) groups excluding carboxylic acids is 1. The summed E-state index contributed by atoms with van der Waals surface area (Å²) in [4.78, 5) is 14.7. The Labute approximate surface area is 127 Å². The second-order valence-electron chi connectivity index (χ2n) is 4.59. The quantitative estimate of drug-likeness (QED) is 0.853. The smallest absolute Gasteiger partial charge is 0.255 e. The van der Waals surface area contributed by atoms with Crippen LogP contribution in [-0.4, -0.2) is 28.9 Å². The number of thiocarbonyl (C=S) groups is 1. The molecule has 1 aromatic carbocycles. The number of amides is 1. The molecule has 2 rings (SSSR count). The number of nitrogens with zero attached hydrogens (tertiary/aromatic N) is 1. The molecule has 1 aliphatic heterocycles. The normalized spacial score (nSPS) is 16.4. The van der Waals surface area contributed by atoms with Gasteiger partial charge in [0.1, 0.15) is 0 Å². The third-order valence-corrected chi connectivity index (χ3v) is 4.23. The highest BCUT2D eigenvalue weighted by Gasteiger charge is 2.25. The molecule has 102 valence electrons. The molecule has 1 aliphatic rings. The monoisotopic (exact) mass is 316 g/mol. The van der Waals surface area contributed by atoms with Gasteiger partial charge < -0.3 is 10.6 Å². The van der Waals surface area contributed by atoms with Crippen LogP contribution in [0.5, 0.6) is 0 Å². The van der Waals surface area contributed by atoms with Gasteiger partial charge in [-0.3, -0.25) is 4.79 Å². The zero-order chi connectivity index (χ0) is 14.0. The Morgan fingerprint density at radius 2 is 1.95 bits per heavy atom. The largest absolute Gasteiger partial charge is 0.393 e. The molecular formula is C13H14Cl2N2OS. The van der Waals surface area contributed by atoms with Gasteiger partial charge in [0.25, 0.3) is 5.91 Å². The van der Waals surface area contributed by atoms with Gasteiger partial charge in [0.15, 0.2) is 0 Å². The fourth-order valence-corrected chi connectivity index (χ4v) is 2.93. The standard InChI is InChI=1S/C13H14Cl2N2OS/c14-9-1-2-10(11(15)7-9)13(18)17-5-3-8(4-6-17)12(16)19/h1-2,7-8H,3-6H2,(H2,16,19). The lowest BCUT2D eigenvalue weighted by molar-refractivity contribution is 0.0710. The van der Waals surface area contributed by atoms with Gasteiger partial charge in [0.2, 0.25) is 0 Å². The van der Waals surface area contributed by atoms with Gasteiger partial charge in [0.05, 0.1) is 15.6 Å². The first kappa shape index (κ1) is 14.6. The fourth-order valence-electron chi connectivity index (χ4n) is 2.20. The van der Waals surface area contributed by atoms with Crippen molar-refractivity contribution in [2.75, 3.05) is 13.1 Å². The van der Waals surface area contributed by atoms with E-state index in [9.17, 15) is 4.79 Å². The Balaban J connectivity index is 2.07. The first-order chi connectivity index (χ1) is 8.99. The van der Waals surface area contributed by atoms with Gasteiger partial charge in [-0.05, 0) is 31.0 Å². The minimum Gasteiger partial charge on any atom is -0.393 e. The molecule has 0 aliphatic carbocycles. The lowest BCUT2D eigenvalue weighted by Gasteiger charge is -2.31. The molecule has 0 saturated carbocycles. The van der Waals surface area contributed by atoms with E-state index in [0.717, 1.165) is 12.8 Å². The predicted octanol–water partition coefficient (Wildman–Crippen LogP) is 3.13. The van der Waals surface area contributed by atoms with Crippen LogP contribution in [0.4, 0.5) is 0 Å². The van der Waals surface area contributed by atoms with Crippen molar-refractivity contribution in [3.63, 3.8) is 0 Å². The molecule has 0 aromatic heterocycles. The summed E-state index contributed by atoms with van der Waals surface area (Å²) in [6.45, 7) is 1.31. The molecule has 2 N–H and O–H groups in total. The van der Waals surface area contributed by atoms with Crippen molar-refractivity contribution < 1.29 is 4.79 Å². The molecule has 1 fully saturated rings. The van der Waals surface area contributed by atoms with Crippen molar-refractivity contribution in [3.8, 4) is 0 Å². The van der Waals surface area contributed by atoms with Gasteiger partial charge in [-0.15, -0.1) is 0 Å². The highest BCUT2D eigenvalue weighted by molar-refractivity contribution is 7.80. The van der Waals surface area contributed by atoms with E-state index >= 15 is 0 Å². The highest BCUT2D eigenvalue weighted by Crippen LogP contribution is 2.25. The summed E-state index contributed by atoms with van der Waals surface area (Å²) in [6.07, 6.45) is 1.62. The number of benzene rings is 1. The molecule has 3 nitrogen and oxygen atoms in total. The number of rotatable bonds is 2. The number of hydrogen-bond acceptors (Lipinski definition) is 2. The molecule has 0 atom stereocenters. The summed E-state index contributed by atoms with van der Waals surface area (Å²) in [5.41, 5.74) is 6.12. The summed E-state index contributed by atoms with van der Waals surface area (Å²) in [5, 5.41) is 0.905. The van der Waals surface area contributed by atoms with Crippen molar-refractivity contribution in [1.29, 1.82) is 0 Å². The van der Waals surface area contributed by atoms with Crippen LogP contribution < -0.4 is 5.73 Å². The van der Waals surface area contributed by atoms with Gasteiger partial charge in [0, 0.05) is 24.0 Å². The van der Waals surface area contributed by atoms with Crippen LogP contribution >= 0.6 is 35.4 Å². The molecule has 0 radical (unpaired) electrons. The van der Waals surface area contributed by atoms with Crippen LogP contribution in [0.3, 0.4) is 0 Å². The molecule has 19 heavy (non-hydrogen) atoms. The van der Waals surface area contributed by atoms with E-state index in [-0.39, 0.29) is 11.8 Å². The predicted molar refractivity (Wildman–Crippen MR) is 81.9 cm³/mol. The molecule has 1 heterocycles. The Morgan fingerprint density at radius 3 is 2.47 bits per heavy atom. The first-order valence-electron chi connectivity index (χ1n) is 6.02. The number of piperidine rings is 1. The SMILES string of the molecule is NC(=S)C1CCN(C(=O)c2ccc(Cl)cc2Cl)CC1. The number of halogens is 2. The Hall–Kier alpha value is -0.840. The van der Waals surface area contributed by atoms with Crippen molar-refractivity contribution in [3.05, 3.63) is 33.8 Å². The highest BCUT2D eigenvalue weighted by atomic mass is 35.5. The van der Waals surface area contributed by atoms with Crippen LogP contribution in [0, 0.1) is 5.92 Å². The van der Waals surface area contributed by atoms with Crippen LogP contribution in [0.1, 0.15) is 23.2 Å². The van der Waals surface area contributed by atoms with Gasteiger partial charge >= 0.3 is 0 Å². The summed E-state index contributed by atoms with van der Waals surface area (Å²) >= 11 is 16.9. The topological polar surface area (TPSA) is 46.3 Å². The minimum absolute atomic E-state index is 0.0666. The van der Waals surface area contributed by atoms with Crippen molar-refractivity contribution >= 4 is 46.3 Å². The second kappa shape index (κ2) is 6.07. The second-order valence-corrected chi connectivity index (χ2v) is 5.91. The van der Waals surface area contributed by atoms with E-state index < -0.39 is 0 Å². The van der Waals surface area contributed by atoms with E-state index in [4.69, 9.17) is 41.2 Å². The third-order valence-electron chi connectivity index (χ3n) is 3.35. The first-order valence-corrected chi connectivity index (χ1v) is 7.19. The number of carbonyl (C=O) groups is 1. The average molecular weight is 317 g/mol. The Morgan fingerprint density at radius 1 is 1.32 bits per heavy atom. The maximum atomic E-state index is 12.3. The minimum atomic E-state index is -0.0666. The average Bonchev–Trinajstić information content (AvgIpc) is 2.38. The summed E-state index contributed by atoms with van der Waals surface area (Å²) in [7, 11) is 0. The maximum Gasteiger partial charge on any atom is 0.255 e. The third kappa shape index (κ3) is 3.38. The number of hydrogen-bond donors (Lipinski definition) is 1. The summed E-state index contributed by atoms with van der Waals surface area (Å²) in [5.74, 6) is 0.169. The molecule has 0 unspecified atom stereocenters. The molecule has 1 saturated heterocycles. The number of nitrogens with two attached hydrogens (primary N) is 1. The molecule has 1 aromatic rings. The van der Waals surface area contributed by atoms with Gasteiger partial charge in [-0.1, -0.05) is 35.4 Å². The van der Waals surface area contributed by atoms with Gasteiger partial charge in [-0.2, -0.15) is 0 Å². The van der Waals surface area contributed by atoms with E-state index in [2.05, 4.69) is 0 Å². The van der Waals surface area contributed by atoms with Crippen molar-refractivity contribution in [1.82, 2.24) is 4.90 Å². The molecule has 6 heteroatoms. The fraction of sp³-hybridized carbons (Fsp3) is 0.385. The van der Waals surface area contributed by atoms with E-state index in [1.165, 1.54) is 0 Å². The van der Waals surface area contributed by atoms with E-state index in [0.29, 0.717) is 33.7 Å². The summed E-state index contributed by atoms with van der Waals surface area (Å²) in [6, 6.07) is 4.91. The Bertz CT molecular complexity index is 513. The molecule has 1 amide bonds. The number of likely N-dealkylation sites (tertiary alicyclic amines) is 1. The van der Waals surface area contributed by atoms with Crippen LogP contribution in [0.25, 0.3) is 0 Å². The lowest BCUT2D eigenvalue weighted by Crippen LogP contribution is -2.41. The molecular weight excluding hydrogens is 303 g/mol. The van der Waals surface area contributed by atoms with E-state index in [1.54, 1.807) is 23.1 Å². The molecule has 0 bridgehead atoms. The Kier molecular flexibility index (Phi) is 4.66. The zero-order valence-electron chi connectivity index (χ0n) is 10.2. The van der Waals surface area contributed by atoms with E-state index in [1.807, 2.05) is 0 Å². The van der Waals surface area contributed by atoms with Crippen LogP contribution in [0.15, 0.2) is 18.2 Å². The lowest BCUT2D eigenvalue weighted by atomic mass is 9.96. The van der Waals surface area contributed by atoms with Crippen LogP contribution in [-0.2, 0) is 0 Å². The molecule has 0 spiro atoms. The van der Waals surface area contributed by atoms with Gasteiger partial charge in [-0.25, -0.2) is 0 Å². The van der Waals surface area contributed by atoms with Crippen LogP contribution in [0.2, 0.25) is 10.0 Å². The summed E-state index contributed by atoms with van der Waals surface area (Å²) < 4.78 is 0. The maximum absolute atomic E-state index is 12.3. The zero-order valence-corrected chi connectivity index (χ0v) is 12.6. The van der Waals surface area contributed by atoms with Crippen molar-refractivity contribution in [2.45, 2.75) is 12.8 Å². The van der Waals surface area contributed by atoms with Crippen molar-refractivity contribution in [2.24, 2.45) is 11.7 Å².